The van der Waals surface area contributed by atoms with Crippen molar-refractivity contribution in [3.8, 4) is 5.75 Å². The summed E-state index contributed by atoms with van der Waals surface area (Å²) >= 11 is 1.73. The summed E-state index contributed by atoms with van der Waals surface area (Å²) in [5.74, 6) is 1.38. The molecular formula is C17H24N2OS. The molecular weight excluding hydrogens is 280 g/mol. The average molecular weight is 304 g/mol. The van der Waals surface area contributed by atoms with Crippen molar-refractivity contribution < 1.29 is 4.74 Å². The van der Waals surface area contributed by atoms with Gasteiger partial charge < -0.3 is 10.1 Å². The van der Waals surface area contributed by atoms with Gasteiger partial charge in [-0.1, -0.05) is 32.9 Å². The van der Waals surface area contributed by atoms with Crippen molar-refractivity contribution in [3.63, 3.8) is 0 Å². The van der Waals surface area contributed by atoms with Crippen LogP contribution in [0.15, 0.2) is 29.6 Å². The minimum atomic E-state index is 0.132. The minimum Gasteiger partial charge on any atom is -0.494 e. The summed E-state index contributed by atoms with van der Waals surface area (Å²) in [7, 11) is 0. The lowest BCUT2D eigenvalue weighted by Crippen LogP contribution is -2.22. The van der Waals surface area contributed by atoms with Crippen LogP contribution in [-0.4, -0.2) is 18.1 Å². The van der Waals surface area contributed by atoms with Gasteiger partial charge in [0.25, 0.3) is 0 Å². The zero-order chi connectivity index (χ0) is 15.2. The summed E-state index contributed by atoms with van der Waals surface area (Å²) < 4.78 is 5.61. The van der Waals surface area contributed by atoms with Crippen molar-refractivity contribution in [2.45, 2.75) is 39.7 Å². The first-order valence-corrected chi connectivity index (χ1v) is 8.45. The van der Waals surface area contributed by atoms with Gasteiger partial charge in [0.15, 0.2) is 0 Å². The highest BCUT2D eigenvalue weighted by Crippen LogP contribution is 2.29. The topological polar surface area (TPSA) is 34.1 Å². The number of rotatable bonds is 7. The average Bonchev–Trinajstić information content (AvgIpc) is 2.95. The summed E-state index contributed by atoms with van der Waals surface area (Å²) in [6.45, 7) is 10.1. The van der Waals surface area contributed by atoms with Crippen LogP contribution in [-0.2, 0) is 0 Å². The van der Waals surface area contributed by atoms with Gasteiger partial charge in [0, 0.05) is 5.38 Å². The Balaban J connectivity index is 2.30. The van der Waals surface area contributed by atoms with Crippen LogP contribution in [0, 0.1) is 0 Å². The van der Waals surface area contributed by atoms with Gasteiger partial charge in [-0.15, -0.1) is 11.3 Å². The Morgan fingerprint density at radius 3 is 2.71 bits per heavy atom. The van der Waals surface area contributed by atoms with Gasteiger partial charge in [0.05, 0.1) is 18.3 Å². The fourth-order valence-corrected chi connectivity index (χ4v) is 3.28. The van der Waals surface area contributed by atoms with E-state index in [4.69, 9.17) is 9.72 Å². The van der Waals surface area contributed by atoms with Gasteiger partial charge in [-0.2, -0.15) is 0 Å². The first-order valence-electron chi connectivity index (χ1n) is 7.57. The van der Waals surface area contributed by atoms with Crippen LogP contribution >= 0.6 is 11.3 Å². The first-order chi connectivity index (χ1) is 10.2. The van der Waals surface area contributed by atoms with E-state index in [1.807, 2.05) is 19.1 Å². The maximum absolute atomic E-state index is 5.61. The van der Waals surface area contributed by atoms with E-state index in [2.05, 4.69) is 43.6 Å². The van der Waals surface area contributed by atoms with Crippen LogP contribution in [0.1, 0.15) is 55.9 Å². The molecule has 0 aliphatic carbocycles. The molecule has 0 fully saturated rings. The maximum Gasteiger partial charge on any atom is 0.119 e. The molecule has 3 nitrogen and oxygen atoms in total. The predicted octanol–water partition coefficient (Wildman–Crippen LogP) is 4.36. The van der Waals surface area contributed by atoms with Crippen molar-refractivity contribution >= 4 is 11.3 Å². The van der Waals surface area contributed by atoms with E-state index in [9.17, 15) is 0 Å². The van der Waals surface area contributed by atoms with Crippen molar-refractivity contribution in [1.29, 1.82) is 0 Å². The first kappa shape index (κ1) is 16.0. The lowest BCUT2D eigenvalue weighted by atomic mass is 10.1. The molecule has 0 radical (unpaired) electrons. The Hall–Kier alpha value is -1.39. The Bertz CT molecular complexity index is 565. The Morgan fingerprint density at radius 2 is 2.10 bits per heavy atom. The lowest BCUT2D eigenvalue weighted by Gasteiger charge is -2.17. The number of aromatic nitrogens is 1. The molecule has 1 aromatic heterocycles. The summed E-state index contributed by atoms with van der Waals surface area (Å²) in [5.41, 5.74) is 2.37. The third-order valence-electron chi connectivity index (χ3n) is 3.29. The molecule has 1 atom stereocenters. The highest BCUT2D eigenvalue weighted by atomic mass is 32.1. The molecule has 0 amide bonds. The van der Waals surface area contributed by atoms with Gasteiger partial charge in [-0.25, -0.2) is 4.98 Å². The molecule has 1 unspecified atom stereocenters. The number of thiazole rings is 1. The Morgan fingerprint density at radius 1 is 1.29 bits per heavy atom. The molecule has 114 valence electrons. The van der Waals surface area contributed by atoms with E-state index < -0.39 is 0 Å². The second kappa shape index (κ2) is 7.57. The second-order valence-electron chi connectivity index (χ2n) is 5.26. The van der Waals surface area contributed by atoms with E-state index >= 15 is 0 Å². The molecule has 0 aliphatic rings. The largest absolute Gasteiger partial charge is 0.494 e. The molecule has 0 aliphatic heterocycles. The summed E-state index contributed by atoms with van der Waals surface area (Å²) in [4.78, 5) is 4.80. The van der Waals surface area contributed by atoms with Crippen molar-refractivity contribution in [2.75, 3.05) is 13.2 Å². The van der Waals surface area contributed by atoms with Gasteiger partial charge in [-0.05, 0) is 37.1 Å². The van der Waals surface area contributed by atoms with E-state index in [1.165, 1.54) is 11.3 Å². The molecule has 1 heterocycles. The fraction of sp³-hybridized carbons (Fsp3) is 0.471. The van der Waals surface area contributed by atoms with Crippen LogP contribution in [0.4, 0.5) is 0 Å². The Labute approximate surface area is 131 Å². The molecule has 0 saturated heterocycles. The van der Waals surface area contributed by atoms with Crippen LogP contribution in [0.3, 0.4) is 0 Å². The van der Waals surface area contributed by atoms with E-state index in [0.717, 1.165) is 17.3 Å². The molecule has 4 heteroatoms. The van der Waals surface area contributed by atoms with Gasteiger partial charge in [0.1, 0.15) is 10.8 Å². The summed E-state index contributed by atoms with van der Waals surface area (Å²) in [6, 6.07) is 8.41. The molecule has 1 N–H and O–H groups in total. The lowest BCUT2D eigenvalue weighted by molar-refractivity contribution is 0.339. The zero-order valence-corrected chi connectivity index (χ0v) is 14.0. The predicted molar refractivity (Wildman–Crippen MR) is 89.3 cm³/mol. The monoisotopic (exact) mass is 304 g/mol. The number of nitrogens with zero attached hydrogens (tertiary/aromatic N) is 1. The van der Waals surface area contributed by atoms with Crippen molar-refractivity contribution in [2.24, 2.45) is 0 Å². The highest BCUT2D eigenvalue weighted by Gasteiger charge is 2.18. The molecule has 0 bridgehead atoms. The van der Waals surface area contributed by atoms with Crippen LogP contribution in [0.2, 0.25) is 0 Å². The van der Waals surface area contributed by atoms with Crippen LogP contribution in [0.25, 0.3) is 0 Å². The highest BCUT2D eigenvalue weighted by molar-refractivity contribution is 7.09. The minimum absolute atomic E-state index is 0.132. The van der Waals surface area contributed by atoms with Crippen LogP contribution in [0.5, 0.6) is 5.75 Å². The summed E-state index contributed by atoms with van der Waals surface area (Å²) in [5, 5.41) is 6.81. The van der Waals surface area contributed by atoms with E-state index in [0.29, 0.717) is 12.5 Å². The molecule has 0 spiro atoms. The van der Waals surface area contributed by atoms with Gasteiger partial charge >= 0.3 is 0 Å². The van der Waals surface area contributed by atoms with E-state index in [-0.39, 0.29) is 6.04 Å². The van der Waals surface area contributed by atoms with Crippen molar-refractivity contribution in [1.82, 2.24) is 10.3 Å². The third kappa shape index (κ3) is 4.05. The SMILES string of the molecule is CCNC(c1cccc(OCC)c1)c1nc(C(C)C)cs1. The van der Waals surface area contributed by atoms with Crippen molar-refractivity contribution in [3.05, 3.63) is 45.9 Å². The number of hydrogen-bond acceptors (Lipinski definition) is 4. The molecule has 21 heavy (non-hydrogen) atoms. The molecule has 0 saturated carbocycles. The standard InChI is InChI=1S/C17H24N2OS/c1-5-18-16(17-19-15(11-21-17)12(3)4)13-8-7-9-14(10-13)20-6-2/h7-12,16,18H,5-6H2,1-4H3. The van der Waals surface area contributed by atoms with E-state index in [1.54, 1.807) is 11.3 Å². The third-order valence-corrected chi connectivity index (χ3v) is 4.22. The maximum atomic E-state index is 5.61. The Kier molecular flexibility index (Phi) is 5.76. The zero-order valence-electron chi connectivity index (χ0n) is 13.2. The number of nitrogens with one attached hydrogen (secondary N) is 1. The quantitative estimate of drug-likeness (QED) is 0.825. The smallest absolute Gasteiger partial charge is 0.119 e. The fourth-order valence-electron chi connectivity index (χ4n) is 2.20. The number of hydrogen-bond donors (Lipinski definition) is 1. The molecule has 2 rings (SSSR count). The summed E-state index contributed by atoms with van der Waals surface area (Å²) in [6.07, 6.45) is 0. The number of ether oxygens (including phenoxy) is 1. The molecule has 1 aromatic carbocycles. The van der Waals surface area contributed by atoms with Gasteiger partial charge in [-0.3, -0.25) is 0 Å². The van der Waals surface area contributed by atoms with Gasteiger partial charge in [0.2, 0.25) is 0 Å². The van der Waals surface area contributed by atoms with Crippen LogP contribution < -0.4 is 10.1 Å². The number of benzene rings is 1. The second-order valence-corrected chi connectivity index (χ2v) is 6.15. The normalized spacial score (nSPS) is 12.6. The molecule has 2 aromatic rings.